The standard InChI is InChI=1S/C18H14N4.C13H16BNO4.C10H8ClN3.6C2H6/c1-2-6-13(7-3-1)21-18-19-11-10-17(22-18)15-12-20-16-9-5-4-8-14(15)16;1-13(2,3)19-12(16)15-8-10(14(17)18)9-6-4-5-7-11(9)15;11-9-6-7-12-10(14-9)13-8-4-2-1-3-5-8;6*1-2/h1-12,20H,(H,19,21,22);4-8,17-18H,1-3H3;1-7H,(H,12,13,14);6*1-2H3. The van der Waals surface area contributed by atoms with Crippen LogP contribution in [0.25, 0.3) is 33.1 Å². The molecule has 5 N–H and O–H groups in total. The van der Waals surface area contributed by atoms with Crippen LogP contribution in [0, 0.1) is 0 Å². The summed E-state index contributed by atoms with van der Waals surface area (Å²) in [5.74, 6) is 1.10. The van der Waals surface area contributed by atoms with Crippen molar-refractivity contribution in [1.29, 1.82) is 0 Å². The van der Waals surface area contributed by atoms with Gasteiger partial charge in [-0.15, -0.1) is 0 Å². The zero-order chi connectivity index (χ0) is 50.8. The fourth-order valence-electron chi connectivity index (χ4n) is 5.42. The van der Waals surface area contributed by atoms with E-state index in [1.165, 1.54) is 10.8 Å². The lowest BCUT2D eigenvalue weighted by Crippen LogP contribution is -2.30. The lowest BCUT2D eigenvalue weighted by atomic mass is 9.80. The molecule has 0 amide bonds. The summed E-state index contributed by atoms with van der Waals surface area (Å²) in [6.07, 6.45) is 6.22. The molecule has 0 bridgehead atoms. The summed E-state index contributed by atoms with van der Waals surface area (Å²) in [5.41, 5.74) is 5.24. The molecule has 8 rings (SSSR count). The Morgan fingerprint density at radius 1 is 0.627 bits per heavy atom. The van der Waals surface area contributed by atoms with E-state index in [0.717, 1.165) is 33.5 Å². The Morgan fingerprint density at radius 3 is 1.60 bits per heavy atom. The molecule has 4 aromatic carbocycles. The van der Waals surface area contributed by atoms with Crippen molar-refractivity contribution in [2.75, 3.05) is 10.6 Å². The molecular formula is C53H74BClN8O4. The molecule has 0 aliphatic rings. The van der Waals surface area contributed by atoms with Crippen LogP contribution in [0.5, 0.6) is 0 Å². The molecule has 0 spiro atoms. The second kappa shape index (κ2) is 34.8. The van der Waals surface area contributed by atoms with Crippen LogP contribution in [0.2, 0.25) is 5.15 Å². The van der Waals surface area contributed by atoms with Gasteiger partial charge >= 0.3 is 13.2 Å². The van der Waals surface area contributed by atoms with Gasteiger partial charge in [0.25, 0.3) is 0 Å². The summed E-state index contributed by atoms with van der Waals surface area (Å²) in [5, 5.41) is 27.1. The van der Waals surface area contributed by atoms with Gasteiger partial charge in [0, 0.05) is 58.1 Å². The number of ether oxygens (including phenoxy) is 1. The van der Waals surface area contributed by atoms with Gasteiger partial charge < -0.3 is 30.4 Å². The average molecular weight is 933 g/mol. The number of rotatable bonds is 6. The maximum absolute atomic E-state index is 12.1. The molecule has 67 heavy (non-hydrogen) atoms. The first-order valence-electron chi connectivity index (χ1n) is 23.3. The Hall–Kier alpha value is -6.54. The molecule has 0 aliphatic heterocycles. The van der Waals surface area contributed by atoms with E-state index in [0.29, 0.717) is 28.0 Å². The van der Waals surface area contributed by atoms with E-state index in [9.17, 15) is 14.8 Å². The van der Waals surface area contributed by atoms with Gasteiger partial charge in [-0.3, -0.25) is 4.57 Å². The monoisotopic (exact) mass is 933 g/mol. The van der Waals surface area contributed by atoms with Gasteiger partial charge in [-0.1, -0.05) is 167 Å². The molecule has 0 saturated carbocycles. The van der Waals surface area contributed by atoms with E-state index in [1.807, 2.05) is 168 Å². The number of para-hydroxylation sites is 4. The predicted molar refractivity (Wildman–Crippen MR) is 287 cm³/mol. The van der Waals surface area contributed by atoms with Gasteiger partial charge in [-0.25, -0.2) is 24.7 Å². The molecule has 0 fully saturated rings. The van der Waals surface area contributed by atoms with E-state index in [4.69, 9.17) is 16.3 Å². The summed E-state index contributed by atoms with van der Waals surface area (Å²) in [7, 11) is -1.63. The molecule has 14 heteroatoms. The number of H-pyrrole nitrogens is 1. The highest BCUT2D eigenvalue weighted by Gasteiger charge is 2.24. The van der Waals surface area contributed by atoms with Gasteiger partial charge in [0.2, 0.25) is 11.9 Å². The lowest BCUT2D eigenvalue weighted by Gasteiger charge is -2.19. The molecule has 12 nitrogen and oxygen atoms in total. The van der Waals surface area contributed by atoms with Crippen molar-refractivity contribution in [2.24, 2.45) is 0 Å². The molecule has 4 heterocycles. The topological polar surface area (TPSA) is 163 Å². The molecule has 0 radical (unpaired) electrons. The molecule has 0 aliphatic carbocycles. The molecule has 8 aromatic rings. The summed E-state index contributed by atoms with van der Waals surface area (Å²) in [4.78, 5) is 32.3. The maximum Gasteiger partial charge on any atom is 0.490 e. The van der Waals surface area contributed by atoms with Gasteiger partial charge in [0.15, 0.2) is 0 Å². The zero-order valence-corrected chi connectivity index (χ0v) is 43.0. The van der Waals surface area contributed by atoms with Crippen LogP contribution in [-0.4, -0.2) is 58.3 Å². The number of carbonyl (C=O) groups is 1. The van der Waals surface area contributed by atoms with Gasteiger partial charge in [-0.05, 0) is 74.7 Å². The number of hydrogen-bond acceptors (Lipinski definition) is 10. The number of anilines is 4. The highest BCUT2D eigenvalue weighted by atomic mass is 35.5. The minimum absolute atomic E-state index is 0.279. The number of hydrogen-bond donors (Lipinski definition) is 5. The van der Waals surface area contributed by atoms with Crippen molar-refractivity contribution in [3.63, 3.8) is 0 Å². The minimum atomic E-state index is -1.63. The van der Waals surface area contributed by atoms with Crippen molar-refractivity contribution in [2.45, 2.75) is 109 Å². The minimum Gasteiger partial charge on any atom is -0.443 e. The van der Waals surface area contributed by atoms with Crippen LogP contribution in [0.3, 0.4) is 0 Å². The first-order chi connectivity index (χ1) is 32.5. The van der Waals surface area contributed by atoms with Crippen molar-refractivity contribution in [3.8, 4) is 11.3 Å². The van der Waals surface area contributed by atoms with Gasteiger partial charge in [0.05, 0.1) is 11.2 Å². The van der Waals surface area contributed by atoms with E-state index < -0.39 is 18.8 Å². The first kappa shape index (κ1) is 60.5. The fourth-order valence-corrected chi connectivity index (χ4v) is 5.56. The van der Waals surface area contributed by atoms with Crippen molar-refractivity contribution in [3.05, 3.63) is 151 Å². The van der Waals surface area contributed by atoms with Gasteiger partial charge in [0.1, 0.15) is 10.8 Å². The lowest BCUT2D eigenvalue weighted by molar-refractivity contribution is 0.0544. The van der Waals surface area contributed by atoms with Crippen LogP contribution in [-0.2, 0) is 4.74 Å². The number of aromatic amines is 1. The normalized spacial score (nSPS) is 9.40. The number of carbonyl (C=O) groups excluding carboxylic acids is 1. The van der Waals surface area contributed by atoms with Crippen molar-refractivity contribution in [1.82, 2.24) is 29.5 Å². The second-order valence-corrected chi connectivity index (χ2v) is 13.4. The van der Waals surface area contributed by atoms with Crippen LogP contribution in [0.1, 0.15) is 104 Å². The molecular weight excluding hydrogens is 859 g/mol. The highest BCUT2D eigenvalue weighted by Crippen LogP contribution is 2.28. The third-order valence-corrected chi connectivity index (χ3v) is 8.02. The summed E-state index contributed by atoms with van der Waals surface area (Å²) in [6, 6.07) is 38.4. The van der Waals surface area contributed by atoms with E-state index in [2.05, 4.69) is 47.7 Å². The predicted octanol–water partition coefficient (Wildman–Crippen LogP) is 14.5. The Balaban J connectivity index is 0.000000889. The average Bonchev–Trinajstić information content (AvgIpc) is 3.99. The number of nitrogens with one attached hydrogen (secondary N) is 3. The zero-order valence-electron chi connectivity index (χ0n) is 42.3. The van der Waals surface area contributed by atoms with Crippen LogP contribution >= 0.6 is 11.6 Å². The second-order valence-electron chi connectivity index (χ2n) is 13.0. The molecule has 0 saturated heterocycles. The Morgan fingerprint density at radius 2 is 1.09 bits per heavy atom. The van der Waals surface area contributed by atoms with E-state index in [-0.39, 0.29) is 5.46 Å². The van der Waals surface area contributed by atoms with Crippen molar-refractivity contribution >= 4 is 75.4 Å². The quantitative estimate of drug-likeness (QED) is 0.0801. The van der Waals surface area contributed by atoms with Gasteiger partial charge in [-0.2, -0.15) is 0 Å². The number of aromatic nitrogens is 6. The van der Waals surface area contributed by atoms with Crippen LogP contribution in [0.4, 0.5) is 28.1 Å². The number of benzene rings is 4. The third-order valence-electron chi connectivity index (χ3n) is 7.81. The van der Waals surface area contributed by atoms with Crippen LogP contribution < -0.4 is 16.1 Å². The SMILES string of the molecule is CC.CC.CC.CC.CC.CC.CC(C)(C)OC(=O)n1cc(B(O)O)c2ccccc21.Clc1ccnc(Nc2ccccc2)n1.c1ccc(Nc2nccc(-c3c[nH]c4ccccc34)n2)cc1. The molecule has 360 valence electrons. The highest BCUT2D eigenvalue weighted by molar-refractivity contribution is 6.62. The smallest absolute Gasteiger partial charge is 0.443 e. The van der Waals surface area contributed by atoms with Crippen molar-refractivity contribution < 1.29 is 19.6 Å². The van der Waals surface area contributed by atoms with E-state index >= 15 is 0 Å². The molecule has 0 atom stereocenters. The number of halogens is 1. The maximum atomic E-state index is 12.1. The summed E-state index contributed by atoms with van der Waals surface area (Å²) < 4.78 is 6.57. The first-order valence-corrected chi connectivity index (χ1v) is 23.6. The van der Waals surface area contributed by atoms with Crippen LogP contribution in [0.15, 0.2) is 146 Å². The Kier molecular flexibility index (Phi) is 31.4. The largest absolute Gasteiger partial charge is 0.490 e. The number of nitrogens with zero attached hydrogens (tertiary/aromatic N) is 5. The molecule has 0 unspecified atom stereocenters. The van der Waals surface area contributed by atoms with E-state index in [1.54, 1.807) is 63.5 Å². The number of fused-ring (bicyclic) bond motifs is 2. The third kappa shape index (κ3) is 20.7. The fraction of sp³-hybridized carbons (Fsp3) is 0.302. The Bertz CT molecular complexity index is 2490. The molecule has 4 aromatic heterocycles. The summed E-state index contributed by atoms with van der Waals surface area (Å²) in [6.45, 7) is 29.3. The Labute approximate surface area is 405 Å². The summed E-state index contributed by atoms with van der Waals surface area (Å²) >= 11 is 5.72.